The van der Waals surface area contributed by atoms with E-state index < -0.39 is 5.97 Å². The smallest absolute Gasteiger partial charge is 0.335 e. The number of carboxylic acid groups (broad SMARTS) is 1. The van der Waals surface area contributed by atoms with E-state index in [1.807, 2.05) is 0 Å². The third-order valence-corrected chi connectivity index (χ3v) is 2.85. The number of aliphatic hydroxyl groups excluding tert-OH is 1. The van der Waals surface area contributed by atoms with Crippen molar-refractivity contribution >= 4 is 34.8 Å². The van der Waals surface area contributed by atoms with Gasteiger partial charge in [0.25, 0.3) is 0 Å². The molecule has 0 fully saturated rings. The molecule has 0 aliphatic carbocycles. The van der Waals surface area contributed by atoms with Gasteiger partial charge < -0.3 is 10.2 Å². The normalized spacial score (nSPS) is 9.22. The minimum atomic E-state index is -0.984. The zero-order valence-electron chi connectivity index (χ0n) is 10.0. The second-order valence-corrected chi connectivity index (χ2v) is 4.60. The van der Waals surface area contributed by atoms with E-state index in [1.54, 1.807) is 0 Å². The fourth-order valence-electron chi connectivity index (χ4n) is 1.09. The molecule has 100 valence electrons. The van der Waals surface area contributed by atoms with Crippen LogP contribution in [0.5, 0.6) is 0 Å². The number of carbonyl (C=O) groups is 2. The Morgan fingerprint density at radius 1 is 1.17 bits per heavy atom. The van der Waals surface area contributed by atoms with Crippen LogP contribution in [0, 0.1) is 0 Å². The van der Waals surface area contributed by atoms with E-state index >= 15 is 0 Å². The van der Waals surface area contributed by atoms with E-state index in [2.05, 4.69) is 22.6 Å². The van der Waals surface area contributed by atoms with Crippen LogP contribution in [0.4, 0.5) is 0 Å². The zero-order valence-corrected chi connectivity index (χ0v) is 12.2. The zero-order chi connectivity index (χ0) is 13.8. The third-order valence-electron chi connectivity index (χ3n) is 2.09. The van der Waals surface area contributed by atoms with E-state index in [9.17, 15) is 9.59 Å². The van der Waals surface area contributed by atoms with Crippen LogP contribution in [0.3, 0.4) is 0 Å². The lowest BCUT2D eigenvalue weighted by Gasteiger charge is -1.92. The number of carboxylic acids is 1. The van der Waals surface area contributed by atoms with Gasteiger partial charge >= 0.3 is 5.97 Å². The molecule has 0 unspecified atom stereocenters. The van der Waals surface area contributed by atoms with Crippen molar-refractivity contribution in [3.05, 3.63) is 35.4 Å². The van der Waals surface area contributed by atoms with Gasteiger partial charge in [-0.3, -0.25) is 4.79 Å². The molecule has 0 saturated heterocycles. The highest BCUT2D eigenvalue weighted by Crippen LogP contribution is 2.01. The molecule has 0 amide bonds. The fraction of sp³-hybridized carbons (Fsp3) is 0.385. The monoisotopic (exact) mass is 364 g/mol. The first-order chi connectivity index (χ1) is 8.65. The van der Waals surface area contributed by atoms with Gasteiger partial charge in [-0.05, 0) is 29.4 Å². The molecule has 0 atom stereocenters. The van der Waals surface area contributed by atoms with Crippen molar-refractivity contribution in [3.8, 4) is 0 Å². The lowest BCUT2D eigenvalue weighted by Crippen LogP contribution is -1.95. The molecule has 18 heavy (non-hydrogen) atoms. The van der Waals surface area contributed by atoms with Gasteiger partial charge in [0.15, 0.2) is 0 Å². The van der Waals surface area contributed by atoms with Crippen LogP contribution in [0.2, 0.25) is 0 Å². The molecule has 1 rings (SSSR count). The number of carbonyl (C=O) groups excluding carboxylic acids is 1. The quantitative estimate of drug-likeness (QED) is 0.352. The largest absolute Gasteiger partial charge is 0.478 e. The summed E-state index contributed by atoms with van der Waals surface area (Å²) in [5.74, 6) is -0.984. The summed E-state index contributed by atoms with van der Waals surface area (Å²) in [6, 6.07) is 5.73. The second kappa shape index (κ2) is 11.2. The number of unbranched alkanes of at least 4 members (excludes halogenated alkanes) is 2. The topological polar surface area (TPSA) is 74.6 Å². The number of hydrogen-bond acceptors (Lipinski definition) is 3. The molecule has 0 aliphatic heterocycles. The Hall–Kier alpha value is -0.950. The lowest BCUT2D eigenvalue weighted by molar-refractivity contribution is 0.0696. The highest BCUT2D eigenvalue weighted by Gasteiger charge is 1.99. The maximum Gasteiger partial charge on any atom is 0.335 e. The molecule has 4 nitrogen and oxygen atoms in total. The number of hydrogen-bond donors (Lipinski definition) is 2. The first kappa shape index (κ1) is 17.1. The Morgan fingerprint density at radius 2 is 1.78 bits per heavy atom. The summed E-state index contributed by atoms with van der Waals surface area (Å²) >= 11 is 2.35. The fourth-order valence-corrected chi connectivity index (χ4v) is 1.63. The standard InChI is InChI=1S/C8H6O3.C5H11IO/c9-5-6-1-3-7(4-2-6)8(10)11;6-4-2-1-3-5-7/h1-5H,(H,10,11);7H,1-5H2. The minimum Gasteiger partial charge on any atom is -0.478 e. The maximum atomic E-state index is 10.3. The third kappa shape index (κ3) is 8.19. The molecule has 0 spiro atoms. The van der Waals surface area contributed by atoms with Crippen molar-refractivity contribution in [2.45, 2.75) is 19.3 Å². The molecule has 0 aliphatic rings. The highest BCUT2D eigenvalue weighted by atomic mass is 127. The molecule has 0 saturated carbocycles. The van der Waals surface area contributed by atoms with Gasteiger partial charge in [-0.25, -0.2) is 4.79 Å². The van der Waals surface area contributed by atoms with Gasteiger partial charge in [-0.1, -0.05) is 41.1 Å². The van der Waals surface area contributed by atoms with Crippen LogP contribution in [-0.4, -0.2) is 33.5 Å². The number of benzene rings is 1. The van der Waals surface area contributed by atoms with E-state index in [-0.39, 0.29) is 5.56 Å². The first-order valence-electron chi connectivity index (χ1n) is 5.61. The van der Waals surface area contributed by atoms with Crippen molar-refractivity contribution in [3.63, 3.8) is 0 Å². The van der Waals surface area contributed by atoms with Crippen molar-refractivity contribution in [1.29, 1.82) is 0 Å². The Labute approximate surface area is 120 Å². The Morgan fingerprint density at radius 3 is 2.17 bits per heavy atom. The number of aliphatic hydroxyl groups is 1. The summed E-state index contributed by atoms with van der Waals surface area (Å²) in [6.07, 6.45) is 4.08. The Balaban J connectivity index is 0.000000360. The molecule has 2 N–H and O–H groups in total. The van der Waals surface area contributed by atoms with Crippen LogP contribution in [-0.2, 0) is 0 Å². The SMILES string of the molecule is O=Cc1ccc(C(=O)O)cc1.OCCCCCI. The summed E-state index contributed by atoms with van der Waals surface area (Å²) in [7, 11) is 0. The van der Waals surface area contributed by atoms with E-state index in [0.717, 1.165) is 6.42 Å². The van der Waals surface area contributed by atoms with Gasteiger partial charge in [0.2, 0.25) is 0 Å². The van der Waals surface area contributed by atoms with Gasteiger partial charge in [0, 0.05) is 12.2 Å². The molecule has 0 bridgehead atoms. The lowest BCUT2D eigenvalue weighted by atomic mass is 10.1. The van der Waals surface area contributed by atoms with Crippen LogP contribution in [0.25, 0.3) is 0 Å². The predicted octanol–water partition coefficient (Wildman–Crippen LogP) is 2.78. The number of rotatable bonds is 6. The Bertz CT molecular complexity index is 345. The highest BCUT2D eigenvalue weighted by molar-refractivity contribution is 14.1. The summed E-state index contributed by atoms with van der Waals surface area (Å²) in [5, 5.41) is 16.8. The van der Waals surface area contributed by atoms with Crippen molar-refractivity contribution in [2.75, 3.05) is 11.0 Å². The van der Waals surface area contributed by atoms with Gasteiger partial charge in [-0.2, -0.15) is 0 Å². The average molecular weight is 364 g/mol. The van der Waals surface area contributed by atoms with Crippen molar-refractivity contribution < 1.29 is 19.8 Å². The summed E-state index contributed by atoms with van der Waals surface area (Å²) in [6.45, 7) is 0.358. The number of aldehydes is 1. The predicted molar refractivity (Wildman–Crippen MR) is 78.6 cm³/mol. The molecular formula is C13H17IO4. The number of aromatic carboxylic acids is 1. The molecule has 5 heteroatoms. The average Bonchev–Trinajstić information content (AvgIpc) is 2.40. The first-order valence-corrected chi connectivity index (χ1v) is 7.13. The molecule has 1 aromatic rings. The van der Waals surface area contributed by atoms with Crippen molar-refractivity contribution in [2.24, 2.45) is 0 Å². The van der Waals surface area contributed by atoms with Crippen LogP contribution in [0.15, 0.2) is 24.3 Å². The summed E-state index contributed by atoms with van der Waals surface area (Å²) in [4.78, 5) is 20.5. The molecule has 1 aromatic carbocycles. The molecular weight excluding hydrogens is 347 g/mol. The van der Waals surface area contributed by atoms with E-state index in [0.29, 0.717) is 18.5 Å². The molecule has 0 heterocycles. The van der Waals surface area contributed by atoms with Crippen LogP contribution in [0.1, 0.15) is 40.0 Å². The van der Waals surface area contributed by atoms with E-state index in [4.69, 9.17) is 10.2 Å². The summed E-state index contributed by atoms with van der Waals surface area (Å²) in [5.41, 5.74) is 0.672. The van der Waals surface area contributed by atoms with Gasteiger partial charge in [0.1, 0.15) is 6.29 Å². The molecule has 0 radical (unpaired) electrons. The summed E-state index contributed by atoms with van der Waals surface area (Å²) < 4.78 is 1.22. The van der Waals surface area contributed by atoms with Crippen LogP contribution >= 0.6 is 22.6 Å². The Kier molecular flexibility index (Phi) is 10.6. The van der Waals surface area contributed by atoms with Gasteiger partial charge in [0.05, 0.1) is 5.56 Å². The maximum absolute atomic E-state index is 10.3. The van der Waals surface area contributed by atoms with Gasteiger partial charge in [-0.15, -0.1) is 0 Å². The van der Waals surface area contributed by atoms with Crippen molar-refractivity contribution in [1.82, 2.24) is 0 Å². The van der Waals surface area contributed by atoms with Crippen LogP contribution < -0.4 is 0 Å². The minimum absolute atomic E-state index is 0.190. The van der Waals surface area contributed by atoms with E-state index in [1.165, 1.54) is 41.5 Å². The number of alkyl halides is 1. The second-order valence-electron chi connectivity index (χ2n) is 3.52. The molecule has 0 aromatic heterocycles. The number of halogens is 1.